The lowest BCUT2D eigenvalue weighted by Crippen LogP contribution is -1.96. The van der Waals surface area contributed by atoms with Crippen LogP contribution in [0.2, 0.25) is 0 Å². The van der Waals surface area contributed by atoms with Gasteiger partial charge in [0.2, 0.25) is 0 Å². The van der Waals surface area contributed by atoms with Gasteiger partial charge in [0.1, 0.15) is 11.2 Å². The molecule has 5 heteroatoms. The molecule has 10 rings (SSSR count). The van der Waals surface area contributed by atoms with Gasteiger partial charge in [0, 0.05) is 44.5 Å². The number of nitrogens with zero attached hydrogens (tertiary/aromatic N) is 4. The SMILES string of the molecule is [C-]#[N+]c1cc(-c2cccc(-n3c4cc5c(cc4c4ncccc43)oc3ccccc35)c2)cc(-n2c3ccccc3c3ccccc32)c1. The van der Waals surface area contributed by atoms with Gasteiger partial charge in [0.25, 0.3) is 0 Å². The molecule has 10 aromatic rings. The molecule has 5 nitrogen and oxygen atoms in total. The minimum Gasteiger partial charge on any atom is -0.456 e. The van der Waals surface area contributed by atoms with E-state index >= 15 is 0 Å². The summed E-state index contributed by atoms with van der Waals surface area (Å²) in [5.41, 5.74) is 11.6. The molecule has 0 spiro atoms. The minimum atomic E-state index is 0.597. The van der Waals surface area contributed by atoms with Gasteiger partial charge in [-0.15, -0.1) is 0 Å². The van der Waals surface area contributed by atoms with E-state index in [2.05, 4.69) is 117 Å². The average molecular weight is 601 g/mol. The van der Waals surface area contributed by atoms with Crippen LogP contribution in [0.5, 0.6) is 0 Å². The Morgan fingerprint density at radius 2 is 1.19 bits per heavy atom. The smallest absolute Gasteiger partial charge is 0.189 e. The monoisotopic (exact) mass is 600 g/mol. The second-order valence-electron chi connectivity index (χ2n) is 11.9. The van der Waals surface area contributed by atoms with Gasteiger partial charge in [-0.2, -0.15) is 0 Å². The molecule has 6 aromatic carbocycles. The van der Waals surface area contributed by atoms with Crippen LogP contribution in [0.25, 0.3) is 93.0 Å². The van der Waals surface area contributed by atoms with Crippen LogP contribution in [0.3, 0.4) is 0 Å². The average Bonchev–Trinajstić information content (AvgIpc) is 3.78. The summed E-state index contributed by atoms with van der Waals surface area (Å²) in [7, 11) is 0. The largest absolute Gasteiger partial charge is 0.456 e. The molecule has 0 radical (unpaired) electrons. The summed E-state index contributed by atoms with van der Waals surface area (Å²) in [6.45, 7) is 7.99. The Labute approximate surface area is 269 Å². The highest BCUT2D eigenvalue weighted by atomic mass is 16.3. The molecule has 0 bridgehead atoms. The van der Waals surface area contributed by atoms with E-state index in [9.17, 15) is 0 Å². The summed E-state index contributed by atoms with van der Waals surface area (Å²) < 4.78 is 10.8. The van der Waals surface area contributed by atoms with E-state index in [1.54, 1.807) is 0 Å². The highest BCUT2D eigenvalue weighted by molar-refractivity contribution is 6.16. The van der Waals surface area contributed by atoms with Crippen molar-refractivity contribution < 1.29 is 4.42 Å². The number of aromatic nitrogens is 3. The standard InChI is InChI=1S/C42H24N4O/c1-43-28-20-27(22-30(23-28)46-36-15-5-2-12-31(36)32-13-3-6-16-37(32)46)26-10-8-11-29(21-26)45-38-17-9-19-44-42(38)35-25-41-34(24-39(35)45)33-14-4-7-18-40(33)47-41/h2-25H. The molecule has 0 saturated heterocycles. The van der Waals surface area contributed by atoms with Gasteiger partial charge in [-0.3, -0.25) is 4.98 Å². The van der Waals surface area contributed by atoms with E-state index in [1.807, 2.05) is 42.6 Å². The third-order valence-electron chi connectivity index (χ3n) is 9.33. The van der Waals surface area contributed by atoms with Gasteiger partial charge in [-0.25, -0.2) is 4.85 Å². The van der Waals surface area contributed by atoms with Crippen LogP contribution >= 0.6 is 0 Å². The van der Waals surface area contributed by atoms with E-state index in [1.165, 1.54) is 10.8 Å². The number of benzene rings is 6. The lowest BCUT2D eigenvalue weighted by Gasteiger charge is -2.13. The summed E-state index contributed by atoms with van der Waals surface area (Å²) >= 11 is 0. The lowest BCUT2D eigenvalue weighted by molar-refractivity contribution is 0.669. The normalized spacial score (nSPS) is 11.8. The molecule has 47 heavy (non-hydrogen) atoms. The number of pyridine rings is 1. The Morgan fingerprint density at radius 1 is 0.489 bits per heavy atom. The van der Waals surface area contributed by atoms with Gasteiger partial charge < -0.3 is 13.6 Å². The van der Waals surface area contributed by atoms with Crippen molar-refractivity contribution in [2.45, 2.75) is 0 Å². The molecule has 4 heterocycles. The van der Waals surface area contributed by atoms with Crippen molar-refractivity contribution in [1.29, 1.82) is 0 Å². The van der Waals surface area contributed by atoms with Crippen molar-refractivity contribution in [2.75, 3.05) is 0 Å². The predicted octanol–water partition coefficient (Wildman–Crippen LogP) is 11.4. The summed E-state index contributed by atoms with van der Waals surface area (Å²) in [5, 5.41) is 5.60. The fraction of sp³-hybridized carbons (Fsp3) is 0. The second-order valence-corrected chi connectivity index (χ2v) is 11.9. The molecule has 0 saturated carbocycles. The van der Waals surface area contributed by atoms with E-state index in [0.717, 1.165) is 77.4 Å². The molecule has 0 fully saturated rings. The molecule has 0 aliphatic heterocycles. The van der Waals surface area contributed by atoms with Crippen LogP contribution in [0.1, 0.15) is 0 Å². The Kier molecular flexibility index (Phi) is 5.28. The number of hydrogen-bond donors (Lipinski definition) is 0. The Balaban J connectivity index is 1.20. The number of hydrogen-bond acceptors (Lipinski definition) is 2. The van der Waals surface area contributed by atoms with Crippen LogP contribution in [0.4, 0.5) is 5.69 Å². The fourth-order valence-corrected chi connectivity index (χ4v) is 7.31. The van der Waals surface area contributed by atoms with E-state index in [-0.39, 0.29) is 0 Å². The van der Waals surface area contributed by atoms with Crippen molar-refractivity contribution in [3.63, 3.8) is 0 Å². The fourth-order valence-electron chi connectivity index (χ4n) is 7.31. The molecule has 0 aliphatic rings. The summed E-state index contributed by atoms with van der Waals surface area (Å²) in [6.07, 6.45) is 1.84. The summed E-state index contributed by atoms with van der Waals surface area (Å²) in [6, 6.07) is 48.3. The van der Waals surface area contributed by atoms with Crippen molar-refractivity contribution in [1.82, 2.24) is 14.1 Å². The maximum absolute atomic E-state index is 7.99. The molecule has 218 valence electrons. The van der Waals surface area contributed by atoms with E-state index < -0.39 is 0 Å². The zero-order valence-corrected chi connectivity index (χ0v) is 25.1. The van der Waals surface area contributed by atoms with Crippen LogP contribution in [0, 0.1) is 6.57 Å². The molecule has 0 N–H and O–H groups in total. The molecule has 4 aromatic heterocycles. The Bertz CT molecular complexity index is 2880. The summed E-state index contributed by atoms with van der Waals surface area (Å²) in [5.74, 6) is 0. The predicted molar refractivity (Wildman–Crippen MR) is 192 cm³/mol. The van der Waals surface area contributed by atoms with Gasteiger partial charge in [0.15, 0.2) is 5.69 Å². The first-order valence-corrected chi connectivity index (χ1v) is 15.6. The number of rotatable bonds is 3. The van der Waals surface area contributed by atoms with Crippen LogP contribution in [-0.4, -0.2) is 14.1 Å². The van der Waals surface area contributed by atoms with Crippen molar-refractivity contribution in [2.24, 2.45) is 0 Å². The Hall–Kier alpha value is -6.64. The molecular weight excluding hydrogens is 576 g/mol. The first kappa shape index (κ1) is 25.7. The maximum Gasteiger partial charge on any atom is 0.189 e. The minimum absolute atomic E-state index is 0.597. The van der Waals surface area contributed by atoms with Gasteiger partial charge in [-0.05, 0) is 83.9 Å². The molecule has 0 atom stereocenters. The zero-order valence-electron chi connectivity index (χ0n) is 25.1. The van der Waals surface area contributed by atoms with Crippen LogP contribution in [-0.2, 0) is 0 Å². The topological polar surface area (TPSA) is 40.2 Å². The van der Waals surface area contributed by atoms with Crippen LogP contribution < -0.4 is 0 Å². The number of furan rings is 1. The van der Waals surface area contributed by atoms with E-state index in [0.29, 0.717) is 5.69 Å². The van der Waals surface area contributed by atoms with Gasteiger partial charge >= 0.3 is 0 Å². The number of fused-ring (bicyclic) bond motifs is 9. The molecule has 0 unspecified atom stereocenters. The van der Waals surface area contributed by atoms with E-state index in [4.69, 9.17) is 16.0 Å². The van der Waals surface area contributed by atoms with Gasteiger partial charge in [-0.1, -0.05) is 66.7 Å². The highest BCUT2D eigenvalue weighted by Gasteiger charge is 2.18. The first-order chi connectivity index (χ1) is 23.2. The second kappa shape index (κ2) is 9.68. The molecular formula is C42H24N4O. The Morgan fingerprint density at radius 3 is 2.00 bits per heavy atom. The zero-order chi connectivity index (χ0) is 31.1. The van der Waals surface area contributed by atoms with Crippen LogP contribution in [0.15, 0.2) is 150 Å². The molecule has 0 aliphatic carbocycles. The highest BCUT2D eigenvalue weighted by Crippen LogP contribution is 2.39. The third kappa shape index (κ3) is 3.73. The summed E-state index contributed by atoms with van der Waals surface area (Å²) in [4.78, 5) is 8.72. The third-order valence-corrected chi connectivity index (χ3v) is 9.33. The van der Waals surface area contributed by atoms with Crippen molar-refractivity contribution in [3.05, 3.63) is 157 Å². The molecule has 0 amide bonds. The van der Waals surface area contributed by atoms with Gasteiger partial charge in [0.05, 0.1) is 34.2 Å². The quantitative estimate of drug-likeness (QED) is 0.189. The first-order valence-electron chi connectivity index (χ1n) is 15.6. The number of para-hydroxylation sites is 3. The lowest BCUT2D eigenvalue weighted by atomic mass is 10.0. The maximum atomic E-state index is 7.99. The van der Waals surface area contributed by atoms with Crippen molar-refractivity contribution >= 4 is 71.4 Å². The van der Waals surface area contributed by atoms with Crippen molar-refractivity contribution in [3.8, 4) is 22.5 Å².